The second-order valence-electron chi connectivity index (χ2n) is 29.1. The summed E-state index contributed by atoms with van der Waals surface area (Å²) < 4.78 is 47.1. The first-order chi connectivity index (χ1) is 56.7. The number of H-pyrrole nitrogens is 1. The number of ether oxygens (including phenoxy) is 5. The lowest BCUT2D eigenvalue weighted by Crippen LogP contribution is -2.44. The first-order valence-corrected chi connectivity index (χ1v) is 38.5. The molecule has 10 heterocycles. The van der Waals surface area contributed by atoms with Gasteiger partial charge < -0.3 is 78.2 Å². The van der Waals surface area contributed by atoms with E-state index in [4.69, 9.17) is 52.0 Å². The number of nitrogens with zero attached hydrogens (tertiary/aromatic N) is 13. The Balaban J connectivity index is 0.000000149. The van der Waals surface area contributed by atoms with Crippen molar-refractivity contribution in [1.29, 1.82) is 0 Å². The number of carbonyl (C=O) groups excluding carboxylic acids is 3. The Morgan fingerprint density at radius 1 is 0.564 bits per heavy atom. The van der Waals surface area contributed by atoms with Crippen LogP contribution in [0.15, 0.2) is 183 Å². The van der Waals surface area contributed by atoms with E-state index in [9.17, 15) is 19.5 Å². The number of aliphatic hydroxyl groups excluding tert-OH is 2. The number of aromatic amines is 1. The molecule has 32 heteroatoms. The van der Waals surface area contributed by atoms with Gasteiger partial charge in [0.1, 0.15) is 64.8 Å². The molecule has 16 rings (SSSR count). The topological polar surface area (TPSA) is 389 Å². The zero-order chi connectivity index (χ0) is 81.8. The van der Waals surface area contributed by atoms with Gasteiger partial charge in [-0.15, -0.1) is 6.42 Å². The van der Waals surface area contributed by atoms with Gasteiger partial charge in [-0.25, -0.2) is 54.4 Å². The maximum Gasteiger partial charge on any atom is 0.410 e. The molecular formula is C85H85BrN18O13. The van der Waals surface area contributed by atoms with Gasteiger partial charge in [0.05, 0.1) is 51.8 Å². The van der Waals surface area contributed by atoms with Crippen LogP contribution >= 0.6 is 15.9 Å². The van der Waals surface area contributed by atoms with Gasteiger partial charge in [-0.3, -0.25) is 4.79 Å². The molecule has 7 N–H and O–H groups in total. The summed E-state index contributed by atoms with van der Waals surface area (Å²) in [6.07, 6.45) is 23.4. The van der Waals surface area contributed by atoms with Crippen LogP contribution < -0.4 is 35.5 Å². The third-order valence-electron chi connectivity index (χ3n) is 18.2. The van der Waals surface area contributed by atoms with E-state index in [1.807, 2.05) is 157 Å². The van der Waals surface area contributed by atoms with Gasteiger partial charge in [0.2, 0.25) is 17.8 Å². The van der Waals surface area contributed by atoms with Crippen LogP contribution in [0.3, 0.4) is 0 Å². The Labute approximate surface area is 681 Å². The lowest BCUT2D eigenvalue weighted by molar-refractivity contribution is -0.103. The number of aliphatic hydroxyl groups is 2. The highest BCUT2D eigenvalue weighted by Gasteiger charge is 2.31. The van der Waals surface area contributed by atoms with E-state index in [-0.39, 0.29) is 43.7 Å². The Hall–Kier alpha value is -13.4. The first kappa shape index (κ1) is 81.6. The number of amides is 2. The molecule has 3 fully saturated rings. The van der Waals surface area contributed by atoms with Crippen LogP contribution in [0, 0.1) is 24.2 Å². The second-order valence-corrected chi connectivity index (χ2v) is 30.0. The quantitative estimate of drug-likeness (QED) is 0.0329. The number of rotatable bonds is 17. The van der Waals surface area contributed by atoms with Crippen molar-refractivity contribution in [2.24, 2.45) is 0 Å². The van der Waals surface area contributed by atoms with Crippen molar-refractivity contribution in [3.8, 4) is 86.7 Å². The van der Waals surface area contributed by atoms with Crippen molar-refractivity contribution in [2.45, 2.75) is 116 Å². The largest absolute Gasteiger partial charge is 0.490 e. The van der Waals surface area contributed by atoms with E-state index in [2.05, 4.69) is 106 Å². The molecule has 0 unspecified atom stereocenters. The summed E-state index contributed by atoms with van der Waals surface area (Å²) in [4.78, 5) is 78.6. The molecule has 0 aliphatic carbocycles. The minimum atomic E-state index is -0.545. The predicted octanol–water partition coefficient (Wildman–Crippen LogP) is 15.0. The maximum atomic E-state index is 12.4. The molecule has 0 bridgehead atoms. The van der Waals surface area contributed by atoms with Crippen molar-refractivity contribution in [3.05, 3.63) is 181 Å². The molecule has 3 saturated heterocycles. The minimum absolute atomic E-state index is 0.00861. The van der Waals surface area contributed by atoms with Crippen LogP contribution in [-0.2, 0) is 20.9 Å². The fourth-order valence-electron chi connectivity index (χ4n) is 12.7. The Kier molecular flexibility index (Phi) is 26.6. The number of oxazole rings is 3. The lowest BCUT2D eigenvalue weighted by atomic mass is 10.0. The molecule has 3 aliphatic heterocycles. The predicted molar refractivity (Wildman–Crippen MR) is 442 cm³/mol. The number of piperidine rings is 3. The third kappa shape index (κ3) is 22.3. The molecule has 3 aliphatic rings. The van der Waals surface area contributed by atoms with Gasteiger partial charge in [-0.05, 0) is 144 Å². The molecule has 600 valence electrons. The molecule has 6 aromatic carbocycles. The van der Waals surface area contributed by atoms with Gasteiger partial charge in [-0.2, -0.15) is 15.4 Å². The van der Waals surface area contributed by atoms with E-state index in [0.29, 0.717) is 120 Å². The lowest BCUT2D eigenvalue weighted by Gasteiger charge is -2.33. The third-order valence-corrected chi connectivity index (χ3v) is 18.9. The number of hydrogen-bond donors (Lipinski definition) is 7. The van der Waals surface area contributed by atoms with Crippen LogP contribution in [-0.4, -0.2) is 174 Å². The fraction of sp³-hybridized carbons (Fsp3) is 0.294. The number of anilines is 6. The minimum Gasteiger partial charge on any atom is -0.490 e. The van der Waals surface area contributed by atoms with E-state index in [1.165, 1.54) is 19.2 Å². The summed E-state index contributed by atoms with van der Waals surface area (Å²) >= 11 is 3.62. The van der Waals surface area contributed by atoms with Gasteiger partial charge in [-0.1, -0.05) is 48.2 Å². The van der Waals surface area contributed by atoms with E-state index < -0.39 is 11.2 Å². The molecule has 13 aromatic rings. The summed E-state index contributed by atoms with van der Waals surface area (Å²) in [5, 5.41) is 43.9. The number of halogens is 1. The van der Waals surface area contributed by atoms with Crippen LogP contribution in [0.25, 0.3) is 77.9 Å². The van der Waals surface area contributed by atoms with E-state index >= 15 is 0 Å². The standard InChI is InChI=1S/C30H29N5O5.C27H28BrN5O4.C25H24N8O3.C3H4O/c1-30(2,3)40-29(37)35-11-9-24(10-12-35)39-26-16-25-22(14-20(26)7-5-13-36)17-32-28(34-25)33-23-8-4-6-21(15-23)27-18-31-19-38-27;1-27(2,3)37-26(34)33-9-7-20(8-10-33)36-23-13-22-18(12-21(23)28)14-30-25(32-22)31-19-6-4-5-17(11-19)24-15-29-16-35-24;34-13-21-24(32-33-31-21)19-9-16-11-28-25(29-17-3-1-2-15(8-17)23-12-27-14-35-23)30-20(16)10-22(19)36-18-4-6-26-7-5-18;1-2-3-4/h4,6,8,13-19,24H,9-12H2,1-3H3,(H,32,33,34);4-6,11-16,20H,7-10H2,1-3H3,(H,30,31,32);1-3,8-12,14,18,26,34H,4-7,13H2,(H,28,29,30)(H,31,32,33);1,4H,3H2. The molecule has 0 radical (unpaired) electrons. The molecule has 0 atom stereocenters. The number of carbonyl (C=O) groups is 3. The summed E-state index contributed by atoms with van der Waals surface area (Å²) in [5.74, 6) is 12.6. The van der Waals surface area contributed by atoms with Crippen molar-refractivity contribution >= 4 is 102 Å². The molecule has 117 heavy (non-hydrogen) atoms. The van der Waals surface area contributed by atoms with Crippen LogP contribution in [0.1, 0.15) is 91.3 Å². The summed E-state index contributed by atoms with van der Waals surface area (Å²) in [6.45, 7) is 14.8. The van der Waals surface area contributed by atoms with Crippen molar-refractivity contribution in [1.82, 2.24) is 75.4 Å². The molecule has 0 saturated carbocycles. The van der Waals surface area contributed by atoms with Crippen LogP contribution in [0.2, 0.25) is 0 Å². The monoisotopic (exact) mass is 1640 g/mol. The van der Waals surface area contributed by atoms with Gasteiger partial charge in [0, 0.05) is 144 Å². The Bertz CT molecular complexity index is 5660. The molecule has 0 spiro atoms. The van der Waals surface area contributed by atoms with Crippen molar-refractivity contribution < 1.29 is 61.5 Å². The normalized spacial score (nSPS) is 13.9. The zero-order valence-corrected chi connectivity index (χ0v) is 66.5. The highest BCUT2D eigenvalue weighted by molar-refractivity contribution is 9.10. The summed E-state index contributed by atoms with van der Waals surface area (Å²) in [6, 6.07) is 34.5. The number of terminal acetylenes is 1. The number of likely N-dealkylation sites (tertiary alicyclic amines) is 2. The summed E-state index contributed by atoms with van der Waals surface area (Å²) in [5.41, 5.74) is 8.51. The zero-order valence-electron chi connectivity index (χ0n) is 65.0. The molecule has 31 nitrogen and oxygen atoms in total. The van der Waals surface area contributed by atoms with Crippen LogP contribution in [0.4, 0.5) is 44.5 Å². The fourth-order valence-corrected chi connectivity index (χ4v) is 13.2. The van der Waals surface area contributed by atoms with Gasteiger partial charge in [0.25, 0.3) is 0 Å². The second kappa shape index (κ2) is 38.2. The van der Waals surface area contributed by atoms with E-state index in [1.54, 1.807) is 47.0 Å². The number of benzene rings is 6. The van der Waals surface area contributed by atoms with Crippen molar-refractivity contribution in [3.63, 3.8) is 0 Å². The highest BCUT2D eigenvalue weighted by atomic mass is 79.9. The molecular weight excluding hydrogens is 1560 g/mol. The van der Waals surface area contributed by atoms with Crippen molar-refractivity contribution in [2.75, 3.05) is 61.8 Å². The molecule has 7 aromatic heterocycles. The Morgan fingerprint density at radius 3 is 1.41 bits per heavy atom. The Morgan fingerprint density at radius 2 is 0.983 bits per heavy atom. The average molecular weight is 1650 g/mol. The number of hydrogen-bond acceptors (Lipinski definition) is 28. The average Bonchev–Trinajstić information content (AvgIpc) is 1.69. The number of nitrogens with one attached hydrogen (secondary N) is 5. The van der Waals surface area contributed by atoms with Crippen LogP contribution in [0.5, 0.6) is 17.2 Å². The number of aldehydes is 1. The SMILES string of the molecule is C#CCO.CC(C)(C)OC(=O)N1CCC(Oc2cc3nc(Nc4cccc(-c5cnco5)c4)ncc3cc2Br)CC1.CC(C)(C)OC(=O)N1CCC(Oc2cc3nc(Nc4cccc(-c5cnco5)c4)ncc3cc2C#CC=O)CC1.OCc1n[nH]nc1-c1cc2cnc(Nc3cccc(-c4cnco4)c3)nc2cc1OC1CCNCC1. The molecule has 2 amide bonds. The van der Waals surface area contributed by atoms with Gasteiger partial charge in [0.15, 0.2) is 42.7 Å². The maximum absolute atomic E-state index is 12.4. The van der Waals surface area contributed by atoms with E-state index in [0.717, 1.165) is 110 Å². The highest BCUT2D eigenvalue weighted by Crippen LogP contribution is 2.38. The number of fused-ring (bicyclic) bond motifs is 3. The first-order valence-electron chi connectivity index (χ1n) is 37.7. The smallest absolute Gasteiger partial charge is 0.410 e. The van der Waals surface area contributed by atoms with Gasteiger partial charge >= 0.3 is 12.2 Å². The summed E-state index contributed by atoms with van der Waals surface area (Å²) in [7, 11) is 0. The number of aromatic nitrogens is 12.